The fraction of sp³-hybridized carbons (Fsp3) is 0.429. The molecule has 1 saturated heterocycles. The van der Waals surface area contributed by atoms with E-state index in [2.05, 4.69) is 30.3 Å². The SMILES string of the molecule is C=CC/C=C(\C=C/CCC(=N)N(N)CC(=O)O)CC(=C/C=C\C)/C=C/O.C=CCN1CCNC(C)C1. The van der Waals surface area contributed by atoms with Crippen molar-refractivity contribution in [3.8, 4) is 0 Å². The molecule has 1 aliphatic heterocycles. The van der Waals surface area contributed by atoms with Gasteiger partial charge in [0.25, 0.3) is 0 Å². The van der Waals surface area contributed by atoms with E-state index in [1.54, 1.807) is 12.2 Å². The van der Waals surface area contributed by atoms with Crippen LogP contribution in [0.25, 0.3) is 0 Å². The van der Waals surface area contributed by atoms with Crippen LogP contribution >= 0.6 is 0 Å². The summed E-state index contributed by atoms with van der Waals surface area (Å²) in [7, 11) is 0. The summed E-state index contributed by atoms with van der Waals surface area (Å²) in [5.41, 5.74) is 2.01. The Bertz CT molecular complexity index is 827. The van der Waals surface area contributed by atoms with Gasteiger partial charge in [-0.25, -0.2) is 5.84 Å². The van der Waals surface area contributed by atoms with Gasteiger partial charge in [-0.05, 0) is 50.3 Å². The monoisotopic (exact) mass is 499 g/mol. The number of nitrogens with zero attached hydrogens (tertiary/aromatic N) is 2. The Hall–Kier alpha value is -3.20. The number of carbonyl (C=O) groups is 1. The van der Waals surface area contributed by atoms with Gasteiger partial charge in [-0.3, -0.25) is 20.1 Å². The van der Waals surface area contributed by atoms with Crippen molar-refractivity contribution in [2.45, 2.75) is 45.6 Å². The largest absolute Gasteiger partial charge is 0.516 e. The number of hydrogen-bond acceptors (Lipinski definition) is 6. The van der Waals surface area contributed by atoms with E-state index in [0.717, 1.165) is 55.0 Å². The highest BCUT2D eigenvalue weighted by Crippen LogP contribution is 2.16. The lowest BCUT2D eigenvalue weighted by molar-refractivity contribution is -0.137. The summed E-state index contributed by atoms with van der Waals surface area (Å²) in [5.74, 6) is 4.51. The maximum atomic E-state index is 10.6. The zero-order chi connectivity index (χ0) is 27.2. The molecule has 0 saturated carbocycles. The molecule has 0 aliphatic carbocycles. The van der Waals surface area contributed by atoms with Crippen LogP contribution in [0.4, 0.5) is 0 Å². The van der Waals surface area contributed by atoms with Gasteiger partial charge >= 0.3 is 5.97 Å². The number of allylic oxidation sites excluding steroid dienone is 10. The Kier molecular flexibility index (Phi) is 19.2. The Morgan fingerprint density at radius 3 is 2.61 bits per heavy atom. The summed E-state index contributed by atoms with van der Waals surface area (Å²) >= 11 is 0. The standard InChI is InChI=1S/C20H29N3O3.C8H16N2/c1-3-5-9-17(15-18(13-14-24)10-6-4-2)11-7-8-12-19(21)23(22)16-20(25)26;1-3-5-10-6-4-9-8(2)7-10/h3-4,6-7,9-11,13-14,21,24H,1,5,8,12,15-16,22H2,2H3,(H,25,26);3,8-9H,1,4-7H2,2H3/b6-4-,11-7-,14-13+,17-9+,18-10+,21-19?;. The fourth-order valence-corrected chi connectivity index (χ4v) is 3.36. The van der Waals surface area contributed by atoms with Crippen LogP contribution in [-0.4, -0.2) is 70.7 Å². The lowest BCUT2D eigenvalue weighted by atomic mass is 10.0. The van der Waals surface area contributed by atoms with Gasteiger partial charge in [0.15, 0.2) is 0 Å². The summed E-state index contributed by atoms with van der Waals surface area (Å²) < 4.78 is 0. The van der Waals surface area contributed by atoms with Crippen molar-refractivity contribution in [2.75, 3.05) is 32.7 Å². The van der Waals surface area contributed by atoms with E-state index in [9.17, 15) is 4.79 Å². The Morgan fingerprint density at radius 1 is 1.28 bits per heavy atom. The van der Waals surface area contributed by atoms with E-state index in [0.29, 0.717) is 25.3 Å². The number of hydrogen-bond donors (Lipinski definition) is 5. The first-order valence-corrected chi connectivity index (χ1v) is 12.2. The maximum absolute atomic E-state index is 10.6. The maximum Gasteiger partial charge on any atom is 0.324 e. The number of carboxylic acid groups (broad SMARTS) is 1. The fourth-order valence-electron chi connectivity index (χ4n) is 3.36. The van der Waals surface area contributed by atoms with Crippen molar-refractivity contribution in [2.24, 2.45) is 5.84 Å². The lowest BCUT2D eigenvalue weighted by Gasteiger charge is -2.30. The molecule has 36 heavy (non-hydrogen) atoms. The third kappa shape index (κ3) is 17.3. The van der Waals surface area contributed by atoms with E-state index in [1.807, 2.05) is 49.5 Å². The van der Waals surface area contributed by atoms with Gasteiger partial charge < -0.3 is 15.5 Å². The van der Waals surface area contributed by atoms with Crippen LogP contribution in [-0.2, 0) is 4.79 Å². The molecule has 1 rings (SSSR count). The van der Waals surface area contributed by atoms with Crippen LogP contribution < -0.4 is 11.2 Å². The number of nitrogens with two attached hydrogens (primary N) is 1. The van der Waals surface area contributed by atoms with E-state index >= 15 is 0 Å². The molecule has 0 amide bonds. The molecule has 0 bridgehead atoms. The number of carboxylic acids is 1. The van der Waals surface area contributed by atoms with Crippen molar-refractivity contribution in [3.05, 3.63) is 85.3 Å². The van der Waals surface area contributed by atoms with E-state index in [4.69, 9.17) is 21.5 Å². The average Bonchev–Trinajstić information content (AvgIpc) is 2.83. The third-order valence-corrected chi connectivity index (χ3v) is 5.12. The predicted octanol–water partition coefficient (Wildman–Crippen LogP) is 4.49. The molecule has 1 unspecified atom stereocenters. The van der Waals surface area contributed by atoms with Gasteiger partial charge in [-0.15, -0.1) is 13.2 Å². The van der Waals surface area contributed by atoms with Crippen LogP contribution in [0.5, 0.6) is 0 Å². The molecule has 1 aliphatic rings. The van der Waals surface area contributed by atoms with Crippen LogP contribution in [0.15, 0.2) is 85.3 Å². The molecule has 1 atom stereocenters. The molecule has 0 aromatic carbocycles. The van der Waals surface area contributed by atoms with Gasteiger partial charge in [0.05, 0.1) is 6.26 Å². The second kappa shape index (κ2) is 21.1. The molecular formula is C28H45N5O3. The van der Waals surface area contributed by atoms with Crippen molar-refractivity contribution >= 4 is 11.8 Å². The summed E-state index contributed by atoms with van der Waals surface area (Å²) in [4.78, 5) is 13.0. The van der Waals surface area contributed by atoms with Gasteiger partial charge in [0, 0.05) is 38.6 Å². The molecule has 1 fully saturated rings. The van der Waals surface area contributed by atoms with Gasteiger partial charge in [-0.1, -0.05) is 48.6 Å². The zero-order valence-electron chi connectivity index (χ0n) is 21.9. The van der Waals surface area contributed by atoms with Gasteiger partial charge in [-0.2, -0.15) is 0 Å². The molecule has 0 aromatic heterocycles. The molecule has 6 N–H and O–H groups in total. The van der Waals surface area contributed by atoms with E-state index in [1.165, 1.54) is 0 Å². The molecular weight excluding hydrogens is 454 g/mol. The number of aliphatic hydroxyl groups excluding tert-OH is 1. The normalized spacial score (nSPS) is 17.2. The first-order chi connectivity index (χ1) is 17.3. The van der Waals surface area contributed by atoms with Crippen molar-refractivity contribution in [1.29, 1.82) is 5.41 Å². The number of hydrazine groups is 1. The average molecular weight is 500 g/mol. The Labute approximate surface area is 217 Å². The van der Waals surface area contributed by atoms with Crippen LogP contribution in [0.1, 0.15) is 39.5 Å². The van der Waals surface area contributed by atoms with Gasteiger partial charge in [0.1, 0.15) is 12.4 Å². The third-order valence-electron chi connectivity index (χ3n) is 5.12. The number of aliphatic hydroxyl groups is 1. The molecule has 1 heterocycles. The second-order valence-corrected chi connectivity index (χ2v) is 8.38. The molecule has 200 valence electrons. The van der Waals surface area contributed by atoms with Crippen molar-refractivity contribution < 1.29 is 15.0 Å². The Balaban J connectivity index is 0.00000101. The second-order valence-electron chi connectivity index (χ2n) is 8.38. The highest BCUT2D eigenvalue weighted by molar-refractivity contribution is 5.82. The molecule has 0 aromatic rings. The Morgan fingerprint density at radius 2 is 2.03 bits per heavy atom. The summed E-state index contributed by atoms with van der Waals surface area (Å²) in [6.45, 7) is 15.7. The first-order valence-electron chi connectivity index (χ1n) is 12.2. The lowest BCUT2D eigenvalue weighted by Crippen LogP contribution is -2.49. The smallest absolute Gasteiger partial charge is 0.324 e. The highest BCUT2D eigenvalue weighted by Gasteiger charge is 2.13. The minimum Gasteiger partial charge on any atom is -0.516 e. The minimum atomic E-state index is -1.07. The van der Waals surface area contributed by atoms with E-state index < -0.39 is 5.97 Å². The highest BCUT2D eigenvalue weighted by atomic mass is 16.4. The molecule has 8 nitrogen and oxygen atoms in total. The number of nitrogens with one attached hydrogen (secondary N) is 2. The van der Waals surface area contributed by atoms with Crippen molar-refractivity contribution in [1.82, 2.24) is 15.2 Å². The first kappa shape index (κ1) is 32.8. The number of amidine groups is 1. The molecule has 0 radical (unpaired) electrons. The number of rotatable bonds is 14. The van der Waals surface area contributed by atoms with Crippen molar-refractivity contribution in [3.63, 3.8) is 0 Å². The van der Waals surface area contributed by atoms with Gasteiger partial charge in [0.2, 0.25) is 0 Å². The van der Waals surface area contributed by atoms with Crippen LogP contribution in [0, 0.1) is 5.41 Å². The summed E-state index contributed by atoms with van der Waals surface area (Å²) in [5, 5.41) is 29.8. The van der Waals surface area contributed by atoms with Crippen LogP contribution in [0.3, 0.4) is 0 Å². The topological polar surface area (TPSA) is 126 Å². The molecule has 0 spiro atoms. The quantitative estimate of drug-likeness (QED) is 0.0453. The minimum absolute atomic E-state index is 0.0746. The van der Waals surface area contributed by atoms with E-state index in [-0.39, 0.29) is 12.4 Å². The molecule has 8 heteroatoms. The number of aliphatic carboxylic acids is 1. The zero-order valence-corrected chi connectivity index (χ0v) is 21.9. The van der Waals surface area contributed by atoms with Crippen LogP contribution in [0.2, 0.25) is 0 Å². The summed E-state index contributed by atoms with van der Waals surface area (Å²) in [6.07, 6.45) is 20.4. The predicted molar refractivity (Wildman–Crippen MR) is 151 cm³/mol. The summed E-state index contributed by atoms with van der Waals surface area (Å²) in [6, 6.07) is 0.647. The number of piperazine rings is 1.